The second kappa shape index (κ2) is 8.97. The lowest BCUT2D eigenvalue weighted by Gasteiger charge is -2.16. The highest BCUT2D eigenvalue weighted by Gasteiger charge is 2.27. The summed E-state index contributed by atoms with van der Waals surface area (Å²) in [4.78, 5) is 46.9. The van der Waals surface area contributed by atoms with Crippen LogP contribution in [0, 0.1) is 18.6 Å². The number of hydrogen-bond acceptors (Lipinski definition) is 4. The van der Waals surface area contributed by atoms with E-state index in [1.807, 2.05) is 18.2 Å². The summed E-state index contributed by atoms with van der Waals surface area (Å²) in [5, 5.41) is 11.8. The van der Waals surface area contributed by atoms with Crippen molar-refractivity contribution in [1.82, 2.24) is 19.2 Å². The molecule has 12 heteroatoms. The molecule has 0 aliphatic heterocycles. The van der Waals surface area contributed by atoms with E-state index < -0.39 is 68.2 Å². The predicted molar refractivity (Wildman–Crippen MR) is 118 cm³/mol. The van der Waals surface area contributed by atoms with Crippen LogP contribution in [0.15, 0.2) is 58.4 Å². The van der Waals surface area contributed by atoms with Crippen LogP contribution in [-0.4, -0.2) is 30.9 Å². The van der Waals surface area contributed by atoms with Crippen molar-refractivity contribution in [3.8, 4) is 5.69 Å². The molecular formula is C23H17F3N4O5. The number of nitrogens with zero attached hydrogens (tertiary/aromatic N) is 3. The van der Waals surface area contributed by atoms with Crippen molar-refractivity contribution in [1.29, 1.82) is 0 Å². The molecule has 180 valence electrons. The van der Waals surface area contributed by atoms with Gasteiger partial charge in [-0.3, -0.25) is 23.7 Å². The van der Waals surface area contributed by atoms with Crippen LogP contribution in [0.1, 0.15) is 21.5 Å². The minimum absolute atomic E-state index is 0.0959. The fraction of sp³-hybridized carbons (Fsp3) is 0.130. The molecule has 1 amide bonds. The lowest BCUT2D eigenvalue weighted by atomic mass is 10.1. The Morgan fingerprint density at radius 1 is 1.00 bits per heavy atom. The second-order valence-corrected chi connectivity index (χ2v) is 7.65. The zero-order valence-electron chi connectivity index (χ0n) is 18.1. The number of carboxylic acids is 1. The van der Waals surface area contributed by atoms with E-state index in [9.17, 15) is 23.7 Å². The van der Waals surface area contributed by atoms with Gasteiger partial charge >= 0.3 is 17.1 Å². The number of carbonyl (C=O) groups is 2. The smallest absolute Gasteiger partial charge is 0.345 e. The Morgan fingerprint density at radius 2 is 1.69 bits per heavy atom. The summed E-state index contributed by atoms with van der Waals surface area (Å²) in [6.45, 7) is 0.126. The maximum absolute atomic E-state index is 15.7. The Morgan fingerprint density at radius 3 is 2.34 bits per heavy atom. The molecule has 0 radical (unpaired) electrons. The normalized spacial score (nSPS) is 11.1. The van der Waals surface area contributed by atoms with Crippen LogP contribution in [0.2, 0.25) is 0 Å². The van der Waals surface area contributed by atoms with Crippen molar-refractivity contribution in [3.05, 3.63) is 97.8 Å². The van der Waals surface area contributed by atoms with Crippen LogP contribution < -0.4 is 16.4 Å². The summed E-state index contributed by atoms with van der Waals surface area (Å²) >= 11 is 0. The monoisotopic (exact) mass is 486 g/mol. The second-order valence-electron chi connectivity index (χ2n) is 7.65. The van der Waals surface area contributed by atoms with Gasteiger partial charge in [0, 0.05) is 24.5 Å². The van der Waals surface area contributed by atoms with Gasteiger partial charge in [0.25, 0.3) is 5.91 Å². The number of amides is 1. The molecule has 0 aliphatic carbocycles. The summed E-state index contributed by atoms with van der Waals surface area (Å²) in [6, 6.07) is 10.4. The third kappa shape index (κ3) is 4.09. The lowest BCUT2D eigenvalue weighted by molar-refractivity contribution is -0.137. The summed E-state index contributed by atoms with van der Waals surface area (Å²) < 4.78 is 46.5. The summed E-state index contributed by atoms with van der Waals surface area (Å²) in [5.41, 5.74) is -5.77. The molecule has 9 nitrogen and oxygen atoms in total. The molecule has 0 bridgehead atoms. The first-order chi connectivity index (χ1) is 16.6. The van der Waals surface area contributed by atoms with Crippen molar-refractivity contribution in [2.24, 2.45) is 0 Å². The Bertz CT molecular complexity index is 1610. The molecule has 35 heavy (non-hydrogen) atoms. The quantitative estimate of drug-likeness (QED) is 0.406. The summed E-state index contributed by atoms with van der Waals surface area (Å²) in [5.74, 6) is -4.87. The van der Waals surface area contributed by atoms with Gasteiger partial charge in [-0.05, 0) is 18.6 Å². The van der Waals surface area contributed by atoms with Crippen molar-refractivity contribution in [2.45, 2.75) is 20.0 Å². The minimum Gasteiger partial charge on any atom is -0.480 e. The number of carboxylic acid groups (broad SMARTS) is 1. The van der Waals surface area contributed by atoms with Crippen LogP contribution in [0.25, 0.3) is 16.7 Å². The van der Waals surface area contributed by atoms with Gasteiger partial charge in [-0.1, -0.05) is 34.8 Å². The van der Waals surface area contributed by atoms with Crippen LogP contribution in [0.3, 0.4) is 0 Å². The number of aromatic nitrogens is 3. The fourth-order valence-electron chi connectivity index (χ4n) is 3.74. The van der Waals surface area contributed by atoms with E-state index >= 15 is 8.78 Å². The van der Waals surface area contributed by atoms with Gasteiger partial charge in [0.1, 0.15) is 17.6 Å². The highest BCUT2D eigenvalue weighted by atomic mass is 19.2. The van der Waals surface area contributed by atoms with E-state index in [-0.39, 0.29) is 16.7 Å². The highest BCUT2D eigenvalue weighted by Crippen LogP contribution is 2.30. The Labute approximate surface area is 194 Å². The van der Waals surface area contributed by atoms with Crippen molar-refractivity contribution >= 4 is 22.9 Å². The number of aliphatic carboxylic acids is 1. The first kappa shape index (κ1) is 23.5. The van der Waals surface area contributed by atoms with Gasteiger partial charge in [-0.15, -0.1) is 4.79 Å². The fourth-order valence-corrected chi connectivity index (χ4v) is 3.74. The van der Waals surface area contributed by atoms with E-state index in [2.05, 4.69) is 5.32 Å². The minimum atomic E-state index is -1.86. The van der Waals surface area contributed by atoms with E-state index in [1.165, 1.54) is 18.5 Å². The molecule has 4 aromatic rings. The van der Waals surface area contributed by atoms with Crippen molar-refractivity contribution in [2.75, 3.05) is 0 Å². The molecule has 2 aromatic carbocycles. The molecule has 4 rings (SSSR count). The van der Waals surface area contributed by atoms with Crippen LogP contribution in [-0.2, 0) is 17.9 Å². The first-order valence-electron chi connectivity index (χ1n) is 10.2. The Hall–Kier alpha value is -4.61. The van der Waals surface area contributed by atoms with Gasteiger partial charge in [0.05, 0.1) is 11.3 Å². The highest BCUT2D eigenvalue weighted by molar-refractivity contribution is 5.94. The van der Waals surface area contributed by atoms with Gasteiger partial charge in [0.15, 0.2) is 11.6 Å². The molecule has 0 saturated carbocycles. The third-order valence-corrected chi connectivity index (χ3v) is 5.41. The van der Waals surface area contributed by atoms with Crippen molar-refractivity contribution in [3.63, 3.8) is 0 Å². The number of benzene rings is 2. The molecular weight excluding hydrogens is 469 g/mol. The zero-order valence-corrected chi connectivity index (χ0v) is 18.1. The van der Waals surface area contributed by atoms with E-state index in [1.54, 1.807) is 12.1 Å². The van der Waals surface area contributed by atoms with Crippen LogP contribution in [0.4, 0.5) is 13.3 Å². The SMILES string of the molecule is Cc1c(-n2ccc(C(=O)NCc3ccccc3)c2)c(F)c2c(c1F)n(F)c(=O)c(=O)n2CC(=O)O. The van der Waals surface area contributed by atoms with E-state index in [0.717, 1.165) is 17.1 Å². The number of hydrogen-bond donors (Lipinski definition) is 2. The van der Waals surface area contributed by atoms with Crippen LogP contribution >= 0.6 is 0 Å². The van der Waals surface area contributed by atoms with Gasteiger partial charge in [-0.25, -0.2) is 8.78 Å². The average molecular weight is 486 g/mol. The number of halogens is 3. The molecule has 0 unspecified atom stereocenters. The predicted octanol–water partition coefficient (Wildman–Crippen LogP) is 2.29. The maximum Gasteiger partial charge on any atom is 0.345 e. The summed E-state index contributed by atoms with van der Waals surface area (Å²) in [6.07, 6.45) is 2.45. The zero-order chi connectivity index (χ0) is 25.4. The number of nitrogens with one attached hydrogen (secondary N) is 1. The van der Waals surface area contributed by atoms with Gasteiger partial charge in [-0.2, -0.15) is 0 Å². The molecule has 0 fully saturated rings. The number of rotatable bonds is 6. The molecule has 2 heterocycles. The Kier molecular flexibility index (Phi) is 6.03. The Balaban J connectivity index is 1.83. The van der Waals surface area contributed by atoms with Gasteiger partial charge < -0.3 is 15.0 Å². The average Bonchev–Trinajstić information content (AvgIpc) is 3.32. The summed E-state index contributed by atoms with van der Waals surface area (Å²) in [7, 11) is 0. The van der Waals surface area contributed by atoms with Crippen molar-refractivity contribution < 1.29 is 28.0 Å². The first-order valence-corrected chi connectivity index (χ1v) is 10.2. The third-order valence-electron chi connectivity index (χ3n) is 5.41. The molecule has 2 aromatic heterocycles. The molecule has 0 spiro atoms. The molecule has 0 aliphatic rings. The lowest BCUT2D eigenvalue weighted by Crippen LogP contribution is -2.41. The number of fused-ring (bicyclic) bond motifs is 1. The molecule has 2 N–H and O–H groups in total. The number of carbonyl (C=O) groups excluding carboxylic acids is 1. The van der Waals surface area contributed by atoms with Crippen LogP contribution in [0.5, 0.6) is 0 Å². The molecule has 0 atom stereocenters. The largest absolute Gasteiger partial charge is 0.480 e. The van der Waals surface area contributed by atoms with E-state index in [0.29, 0.717) is 0 Å². The van der Waals surface area contributed by atoms with E-state index in [4.69, 9.17) is 5.11 Å². The molecule has 0 saturated heterocycles. The van der Waals surface area contributed by atoms with Gasteiger partial charge in [0.2, 0.25) is 0 Å². The standard InChI is InChI=1S/C23H17F3N4O5/c1-12-16(24)20-19(29(11-15(31)32)22(34)23(35)30(20)26)17(25)18(12)28-8-7-14(10-28)21(33)27-9-13-5-3-2-4-6-13/h2-8,10H,9,11H2,1H3,(H,27,33)(H,31,32). The topological polar surface area (TPSA) is 115 Å². The maximum atomic E-state index is 15.7.